The number of esters is 1. The second-order valence-electron chi connectivity index (χ2n) is 2.53. The van der Waals surface area contributed by atoms with Crippen molar-refractivity contribution in [2.75, 3.05) is 13.7 Å². The Morgan fingerprint density at radius 3 is 2.64 bits per heavy atom. The molecule has 0 aliphatic carbocycles. The van der Waals surface area contributed by atoms with Gasteiger partial charge in [0, 0.05) is 14.0 Å². The Morgan fingerprint density at radius 1 is 1.55 bits per heavy atom. The second-order valence-corrected chi connectivity index (χ2v) is 2.53. The molecule has 0 amide bonds. The third-order valence-electron chi connectivity index (χ3n) is 1.46. The predicted molar refractivity (Wildman–Crippen MR) is 42.3 cm³/mol. The maximum atomic E-state index is 10.3. The van der Waals surface area contributed by atoms with Gasteiger partial charge in [0.25, 0.3) is 0 Å². The molecule has 0 aromatic carbocycles. The Kier molecular flexibility index (Phi) is 5.84. The number of carbonyl (C=O) groups excluding carboxylic acids is 1. The van der Waals surface area contributed by atoms with Gasteiger partial charge < -0.3 is 9.47 Å². The van der Waals surface area contributed by atoms with Crippen LogP contribution in [0.25, 0.3) is 0 Å². The lowest BCUT2D eigenvalue weighted by Crippen LogP contribution is -2.07. The van der Waals surface area contributed by atoms with Crippen LogP contribution in [-0.4, -0.2) is 25.8 Å². The van der Waals surface area contributed by atoms with Crippen molar-refractivity contribution >= 4 is 5.97 Å². The van der Waals surface area contributed by atoms with Crippen molar-refractivity contribution in [3.63, 3.8) is 0 Å². The summed E-state index contributed by atoms with van der Waals surface area (Å²) in [5, 5.41) is 0. The van der Waals surface area contributed by atoms with E-state index in [0.29, 0.717) is 6.61 Å². The first kappa shape index (κ1) is 10.4. The van der Waals surface area contributed by atoms with Gasteiger partial charge in [-0.15, -0.1) is 0 Å². The zero-order valence-electron chi connectivity index (χ0n) is 7.42. The summed E-state index contributed by atoms with van der Waals surface area (Å²) in [5.74, 6) is -0.213. The lowest BCUT2D eigenvalue weighted by atomic mass is 10.2. The standard InChI is InChI=1S/C8H16O3/c1-7(10-3)5-4-6-11-8(2)9/h7H,4-6H2,1-3H3. The Hall–Kier alpha value is -0.570. The van der Waals surface area contributed by atoms with E-state index in [2.05, 4.69) is 0 Å². The zero-order chi connectivity index (χ0) is 8.69. The highest BCUT2D eigenvalue weighted by Gasteiger charge is 1.99. The van der Waals surface area contributed by atoms with E-state index in [0.717, 1.165) is 12.8 Å². The Bertz CT molecular complexity index is 112. The maximum Gasteiger partial charge on any atom is 0.302 e. The maximum absolute atomic E-state index is 10.3. The van der Waals surface area contributed by atoms with Crippen molar-refractivity contribution in [1.82, 2.24) is 0 Å². The predicted octanol–water partition coefficient (Wildman–Crippen LogP) is 1.36. The minimum atomic E-state index is -0.213. The number of hydrogen-bond acceptors (Lipinski definition) is 3. The molecule has 0 fully saturated rings. The van der Waals surface area contributed by atoms with E-state index in [1.54, 1.807) is 7.11 Å². The normalized spacial score (nSPS) is 12.6. The van der Waals surface area contributed by atoms with Crippen molar-refractivity contribution < 1.29 is 14.3 Å². The zero-order valence-corrected chi connectivity index (χ0v) is 7.42. The molecule has 0 spiro atoms. The third-order valence-corrected chi connectivity index (χ3v) is 1.46. The smallest absolute Gasteiger partial charge is 0.302 e. The van der Waals surface area contributed by atoms with Gasteiger partial charge in [0.05, 0.1) is 12.7 Å². The summed E-state index contributed by atoms with van der Waals surface area (Å²) >= 11 is 0. The van der Waals surface area contributed by atoms with Crippen LogP contribution in [0.3, 0.4) is 0 Å². The van der Waals surface area contributed by atoms with Crippen molar-refractivity contribution in [3.8, 4) is 0 Å². The SMILES string of the molecule is COC(C)CCCOC(C)=O. The molecule has 0 aliphatic rings. The van der Waals surface area contributed by atoms with Gasteiger partial charge in [-0.2, -0.15) is 0 Å². The van der Waals surface area contributed by atoms with E-state index in [-0.39, 0.29) is 12.1 Å². The van der Waals surface area contributed by atoms with Crippen LogP contribution in [0.1, 0.15) is 26.7 Å². The summed E-state index contributed by atoms with van der Waals surface area (Å²) in [6, 6.07) is 0. The molecule has 11 heavy (non-hydrogen) atoms. The molecule has 0 rings (SSSR count). The van der Waals surface area contributed by atoms with E-state index in [1.165, 1.54) is 6.92 Å². The molecule has 0 aromatic heterocycles. The summed E-state index contributed by atoms with van der Waals surface area (Å²) in [7, 11) is 1.68. The number of ether oxygens (including phenoxy) is 2. The van der Waals surface area contributed by atoms with Crippen LogP contribution >= 0.6 is 0 Å². The highest BCUT2D eigenvalue weighted by atomic mass is 16.5. The van der Waals surface area contributed by atoms with Crippen LogP contribution in [0.4, 0.5) is 0 Å². The fraction of sp³-hybridized carbons (Fsp3) is 0.875. The van der Waals surface area contributed by atoms with Gasteiger partial charge in [-0.1, -0.05) is 0 Å². The average molecular weight is 160 g/mol. The molecule has 3 heteroatoms. The molecule has 0 heterocycles. The highest BCUT2D eigenvalue weighted by molar-refractivity contribution is 5.65. The van der Waals surface area contributed by atoms with E-state index < -0.39 is 0 Å². The minimum absolute atomic E-state index is 0.213. The molecule has 1 unspecified atom stereocenters. The monoisotopic (exact) mass is 160 g/mol. The van der Waals surface area contributed by atoms with Crippen molar-refractivity contribution in [2.45, 2.75) is 32.8 Å². The number of rotatable bonds is 5. The molecular weight excluding hydrogens is 144 g/mol. The number of carbonyl (C=O) groups is 1. The van der Waals surface area contributed by atoms with Gasteiger partial charge in [0.15, 0.2) is 0 Å². The lowest BCUT2D eigenvalue weighted by Gasteiger charge is -2.07. The van der Waals surface area contributed by atoms with E-state index in [1.807, 2.05) is 6.92 Å². The van der Waals surface area contributed by atoms with E-state index in [9.17, 15) is 4.79 Å². The lowest BCUT2D eigenvalue weighted by molar-refractivity contribution is -0.141. The second kappa shape index (κ2) is 6.16. The molecule has 0 aliphatic heterocycles. The fourth-order valence-electron chi connectivity index (χ4n) is 0.705. The van der Waals surface area contributed by atoms with E-state index >= 15 is 0 Å². The van der Waals surface area contributed by atoms with Gasteiger partial charge in [0.2, 0.25) is 0 Å². The summed E-state index contributed by atoms with van der Waals surface area (Å²) in [5.41, 5.74) is 0. The molecule has 1 atom stereocenters. The van der Waals surface area contributed by atoms with Crippen LogP contribution in [0.2, 0.25) is 0 Å². The summed E-state index contributed by atoms with van der Waals surface area (Å²) in [4.78, 5) is 10.3. The molecule has 66 valence electrons. The van der Waals surface area contributed by atoms with Crippen molar-refractivity contribution in [2.24, 2.45) is 0 Å². The first-order valence-corrected chi connectivity index (χ1v) is 3.83. The van der Waals surface area contributed by atoms with Crippen molar-refractivity contribution in [1.29, 1.82) is 0 Å². The largest absolute Gasteiger partial charge is 0.466 e. The number of methoxy groups -OCH3 is 1. The van der Waals surface area contributed by atoms with Crippen LogP contribution in [0.5, 0.6) is 0 Å². The first-order chi connectivity index (χ1) is 5.16. The molecule has 0 saturated carbocycles. The molecular formula is C8H16O3. The Labute approximate surface area is 67.7 Å². The average Bonchev–Trinajstić information content (AvgIpc) is 1.97. The molecule has 0 saturated heterocycles. The third kappa shape index (κ3) is 7.33. The topological polar surface area (TPSA) is 35.5 Å². The molecule has 0 aromatic rings. The fourth-order valence-corrected chi connectivity index (χ4v) is 0.705. The quantitative estimate of drug-likeness (QED) is 0.450. The van der Waals surface area contributed by atoms with Gasteiger partial charge >= 0.3 is 5.97 Å². The van der Waals surface area contributed by atoms with Crippen molar-refractivity contribution in [3.05, 3.63) is 0 Å². The molecule has 0 N–H and O–H groups in total. The summed E-state index contributed by atoms with van der Waals surface area (Å²) < 4.78 is 9.76. The van der Waals surface area contributed by atoms with Gasteiger partial charge in [-0.3, -0.25) is 4.79 Å². The Morgan fingerprint density at radius 2 is 2.18 bits per heavy atom. The van der Waals surface area contributed by atoms with Crippen LogP contribution in [-0.2, 0) is 14.3 Å². The summed E-state index contributed by atoms with van der Waals surface area (Å²) in [6.45, 7) is 3.91. The van der Waals surface area contributed by atoms with Gasteiger partial charge in [-0.25, -0.2) is 0 Å². The molecule has 3 nitrogen and oxygen atoms in total. The van der Waals surface area contributed by atoms with Crippen LogP contribution < -0.4 is 0 Å². The molecule has 0 bridgehead atoms. The highest BCUT2D eigenvalue weighted by Crippen LogP contribution is 1.99. The summed E-state index contributed by atoms with van der Waals surface area (Å²) in [6.07, 6.45) is 2.06. The van der Waals surface area contributed by atoms with Crippen LogP contribution in [0.15, 0.2) is 0 Å². The van der Waals surface area contributed by atoms with Gasteiger partial charge in [-0.05, 0) is 19.8 Å². The van der Waals surface area contributed by atoms with Gasteiger partial charge in [0.1, 0.15) is 0 Å². The number of hydrogen-bond donors (Lipinski definition) is 0. The minimum Gasteiger partial charge on any atom is -0.466 e. The first-order valence-electron chi connectivity index (χ1n) is 3.83. The van der Waals surface area contributed by atoms with E-state index in [4.69, 9.17) is 9.47 Å². The Balaban J connectivity index is 3.08. The van der Waals surface area contributed by atoms with Crippen LogP contribution in [0, 0.1) is 0 Å². The molecule has 0 radical (unpaired) electrons.